The molecule has 0 aliphatic carbocycles. The van der Waals surface area contributed by atoms with E-state index < -0.39 is 0 Å². The summed E-state index contributed by atoms with van der Waals surface area (Å²) in [4.78, 5) is 13.2. The Morgan fingerprint density at radius 1 is 1.36 bits per heavy atom. The van der Waals surface area contributed by atoms with Crippen LogP contribution in [0.1, 0.15) is 32.6 Å². The monoisotopic (exact) mass is 200 g/mol. The molecule has 0 spiro atoms. The Hall–Kier alpha value is -0.770. The van der Waals surface area contributed by atoms with Gasteiger partial charge in [0.1, 0.15) is 6.73 Å². The molecule has 1 fully saturated rings. The van der Waals surface area contributed by atoms with Crippen molar-refractivity contribution in [2.45, 2.75) is 32.6 Å². The van der Waals surface area contributed by atoms with Gasteiger partial charge in [0.2, 0.25) is 0 Å². The Kier molecular flexibility index (Phi) is 5.37. The molecule has 4 heteroatoms. The SMILES string of the molecule is CCCNCOC(=O)N1CCCCC1. The van der Waals surface area contributed by atoms with Crippen LogP contribution in [0.3, 0.4) is 0 Å². The van der Waals surface area contributed by atoms with Crippen molar-refractivity contribution in [1.29, 1.82) is 0 Å². The molecule has 1 aliphatic heterocycles. The summed E-state index contributed by atoms with van der Waals surface area (Å²) in [6.07, 6.45) is 4.34. The highest BCUT2D eigenvalue weighted by Gasteiger charge is 2.16. The first kappa shape index (κ1) is 11.3. The molecule has 0 bridgehead atoms. The molecule has 1 amide bonds. The van der Waals surface area contributed by atoms with Gasteiger partial charge in [0.05, 0.1) is 0 Å². The fourth-order valence-electron chi connectivity index (χ4n) is 1.53. The summed E-state index contributed by atoms with van der Waals surface area (Å²) in [5.74, 6) is 0. The molecule has 0 aromatic carbocycles. The Bertz CT molecular complexity index is 168. The predicted molar refractivity (Wildman–Crippen MR) is 55.1 cm³/mol. The van der Waals surface area contributed by atoms with E-state index in [0.717, 1.165) is 38.9 Å². The van der Waals surface area contributed by atoms with Gasteiger partial charge in [-0.1, -0.05) is 6.92 Å². The summed E-state index contributed by atoms with van der Waals surface area (Å²) in [5.41, 5.74) is 0. The van der Waals surface area contributed by atoms with Crippen molar-refractivity contribution >= 4 is 6.09 Å². The zero-order valence-electron chi connectivity index (χ0n) is 8.92. The predicted octanol–water partition coefficient (Wildman–Crippen LogP) is 1.57. The second-order valence-corrected chi connectivity index (χ2v) is 3.60. The first-order chi connectivity index (χ1) is 6.84. The second-order valence-electron chi connectivity index (χ2n) is 3.60. The van der Waals surface area contributed by atoms with Crippen LogP contribution in [0, 0.1) is 0 Å². The molecule has 4 nitrogen and oxygen atoms in total. The van der Waals surface area contributed by atoms with E-state index in [-0.39, 0.29) is 6.09 Å². The number of nitrogens with zero attached hydrogens (tertiary/aromatic N) is 1. The van der Waals surface area contributed by atoms with Crippen LogP contribution in [0.15, 0.2) is 0 Å². The molecular weight excluding hydrogens is 180 g/mol. The summed E-state index contributed by atoms with van der Waals surface area (Å²) in [6, 6.07) is 0. The molecule has 0 radical (unpaired) electrons. The standard InChI is InChI=1S/C10H20N2O2/c1-2-6-11-9-14-10(13)12-7-4-3-5-8-12/h11H,2-9H2,1H3. The van der Waals surface area contributed by atoms with Gasteiger partial charge in [-0.05, 0) is 32.2 Å². The molecule has 0 aromatic heterocycles. The minimum atomic E-state index is -0.173. The Morgan fingerprint density at radius 3 is 2.71 bits per heavy atom. The molecule has 1 N–H and O–H groups in total. The maximum Gasteiger partial charge on any atom is 0.411 e. The molecule has 0 saturated carbocycles. The van der Waals surface area contributed by atoms with Crippen LogP contribution in [0.25, 0.3) is 0 Å². The van der Waals surface area contributed by atoms with E-state index >= 15 is 0 Å². The summed E-state index contributed by atoms with van der Waals surface area (Å²) in [6.45, 7) is 5.02. The lowest BCUT2D eigenvalue weighted by atomic mass is 10.1. The zero-order valence-corrected chi connectivity index (χ0v) is 8.92. The number of carbonyl (C=O) groups excluding carboxylic acids is 1. The average Bonchev–Trinajstić information content (AvgIpc) is 2.25. The quantitative estimate of drug-likeness (QED) is 0.553. The van der Waals surface area contributed by atoms with E-state index in [1.54, 1.807) is 4.90 Å². The maximum absolute atomic E-state index is 11.4. The van der Waals surface area contributed by atoms with Crippen molar-refractivity contribution in [1.82, 2.24) is 10.2 Å². The number of hydrogen-bond donors (Lipinski definition) is 1. The highest BCUT2D eigenvalue weighted by molar-refractivity contribution is 5.67. The van der Waals surface area contributed by atoms with E-state index in [1.165, 1.54) is 6.42 Å². The fraction of sp³-hybridized carbons (Fsp3) is 0.900. The summed E-state index contributed by atoms with van der Waals surface area (Å²) in [7, 11) is 0. The first-order valence-corrected chi connectivity index (χ1v) is 5.47. The lowest BCUT2D eigenvalue weighted by Gasteiger charge is -2.25. The number of nitrogens with one attached hydrogen (secondary N) is 1. The molecule has 1 heterocycles. The number of piperidine rings is 1. The molecule has 82 valence electrons. The topological polar surface area (TPSA) is 41.6 Å². The van der Waals surface area contributed by atoms with Crippen molar-refractivity contribution in [3.63, 3.8) is 0 Å². The van der Waals surface area contributed by atoms with E-state index in [2.05, 4.69) is 12.2 Å². The number of amides is 1. The third-order valence-electron chi connectivity index (χ3n) is 2.34. The van der Waals surface area contributed by atoms with E-state index in [1.807, 2.05) is 0 Å². The molecule has 1 aliphatic rings. The summed E-state index contributed by atoms with van der Waals surface area (Å²) >= 11 is 0. The Balaban J connectivity index is 2.07. The molecule has 0 atom stereocenters. The van der Waals surface area contributed by atoms with Crippen molar-refractivity contribution in [2.75, 3.05) is 26.4 Å². The minimum absolute atomic E-state index is 0.173. The van der Waals surface area contributed by atoms with Gasteiger partial charge < -0.3 is 9.64 Å². The number of hydrogen-bond acceptors (Lipinski definition) is 3. The molecule has 1 saturated heterocycles. The maximum atomic E-state index is 11.4. The first-order valence-electron chi connectivity index (χ1n) is 5.47. The smallest absolute Gasteiger partial charge is 0.411 e. The van der Waals surface area contributed by atoms with Gasteiger partial charge in [-0.2, -0.15) is 0 Å². The van der Waals surface area contributed by atoms with Crippen molar-refractivity contribution < 1.29 is 9.53 Å². The lowest BCUT2D eigenvalue weighted by molar-refractivity contribution is 0.0886. The van der Waals surface area contributed by atoms with Gasteiger partial charge in [-0.25, -0.2) is 4.79 Å². The number of likely N-dealkylation sites (tertiary alicyclic amines) is 1. The molecule has 0 unspecified atom stereocenters. The number of ether oxygens (including phenoxy) is 1. The molecule has 0 aromatic rings. The molecule has 1 rings (SSSR count). The van der Waals surface area contributed by atoms with Gasteiger partial charge in [0.25, 0.3) is 0 Å². The van der Waals surface area contributed by atoms with Gasteiger partial charge in [0, 0.05) is 13.1 Å². The van der Waals surface area contributed by atoms with E-state index in [9.17, 15) is 4.79 Å². The minimum Gasteiger partial charge on any atom is -0.433 e. The van der Waals surface area contributed by atoms with Crippen LogP contribution in [0.2, 0.25) is 0 Å². The van der Waals surface area contributed by atoms with E-state index in [0.29, 0.717) is 6.73 Å². The van der Waals surface area contributed by atoms with Crippen molar-refractivity contribution in [2.24, 2.45) is 0 Å². The summed E-state index contributed by atoms with van der Waals surface area (Å²) < 4.78 is 5.06. The number of carbonyl (C=O) groups is 1. The zero-order chi connectivity index (χ0) is 10.2. The van der Waals surface area contributed by atoms with Crippen molar-refractivity contribution in [3.8, 4) is 0 Å². The van der Waals surface area contributed by atoms with Gasteiger partial charge in [0.15, 0.2) is 0 Å². The Labute approximate surface area is 85.6 Å². The van der Waals surface area contributed by atoms with Crippen LogP contribution < -0.4 is 5.32 Å². The molecule has 14 heavy (non-hydrogen) atoms. The van der Waals surface area contributed by atoms with Crippen LogP contribution in [-0.4, -0.2) is 37.4 Å². The van der Waals surface area contributed by atoms with Crippen LogP contribution >= 0.6 is 0 Å². The van der Waals surface area contributed by atoms with E-state index in [4.69, 9.17) is 4.74 Å². The Morgan fingerprint density at radius 2 is 2.07 bits per heavy atom. The van der Waals surface area contributed by atoms with Gasteiger partial charge >= 0.3 is 6.09 Å². The average molecular weight is 200 g/mol. The van der Waals surface area contributed by atoms with Gasteiger partial charge in [-0.15, -0.1) is 0 Å². The normalized spacial score (nSPS) is 16.8. The fourth-order valence-corrected chi connectivity index (χ4v) is 1.53. The largest absolute Gasteiger partial charge is 0.433 e. The van der Waals surface area contributed by atoms with Crippen molar-refractivity contribution in [3.05, 3.63) is 0 Å². The highest BCUT2D eigenvalue weighted by atomic mass is 16.6. The third-order valence-corrected chi connectivity index (χ3v) is 2.34. The highest BCUT2D eigenvalue weighted by Crippen LogP contribution is 2.09. The third kappa shape index (κ3) is 3.96. The van der Waals surface area contributed by atoms with Crippen LogP contribution in [0.5, 0.6) is 0 Å². The van der Waals surface area contributed by atoms with Crippen LogP contribution in [0.4, 0.5) is 4.79 Å². The lowest BCUT2D eigenvalue weighted by Crippen LogP contribution is -2.37. The summed E-state index contributed by atoms with van der Waals surface area (Å²) in [5, 5.41) is 3.04. The van der Waals surface area contributed by atoms with Crippen LogP contribution in [-0.2, 0) is 4.74 Å². The van der Waals surface area contributed by atoms with Gasteiger partial charge in [-0.3, -0.25) is 5.32 Å². The second kappa shape index (κ2) is 6.65. The molecular formula is C10H20N2O2. The number of rotatable bonds is 4.